The van der Waals surface area contributed by atoms with Gasteiger partial charge in [-0.25, -0.2) is 4.99 Å². The summed E-state index contributed by atoms with van der Waals surface area (Å²) in [6.07, 6.45) is 3.49. The zero-order valence-corrected chi connectivity index (χ0v) is 18.0. The first kappa shape index (κ1) is 21.5. The molecule has 0 atom stereocenters. The van der Waals surface area contributed by atoms with Crippen molar-refractivity contribution < 1.29 is 8.94 Å². The number of para-hydroxylation sites is 1. The van der Waals surface area contributed by atoms with Crippen LogP contribution in [0.25, 0.3) is 0 Å². The maximum Gasteiger partial charge on any atom is 0.191 e. The first-order valence-electron chi connectivity index (χ1n) is 10.4. The lowest BCUT2D eigenvalue weighted by Gasteiger charge is -2.19. The number of anilines is 1. The quantitative estimate of drug-likeness (QED) is 0.302. The van der Waals surface area contributed by atoms with Crippen LogP contribution in [-0.4, -0.2) is 37.8 Å². The monoisotopic (exact) mass is 409 g/mol. The third-order valence-corrected chi connectivity index (χ3v) is 4.98. The van der Waals surface area contributed by atoms with Crippen molar-refractivity contribution in [2.45, 2.75) is 33.2 Å². The van der Waals surface area contributed by atoms with Crippen LogP contribution in [0.5, 0.6) is 0 Å². The Morgan fingerprint density at radius 3 is 2.57 bits per heavy atom. The molecule has 0 bridgehead atoms. The lowest BCUT2D eigenvalue weighted by Crippen LogP contribution is -2.39. The van der Waals surface area contributed by atoms with Gasteiger partial charge < -0.3 is 24.5 Å². The highest BCUT2D eigenvalue weighted by Crippen LogP contribution is 2.13. The van der Waals surface area contributed by atoms with Gasteiger partial charge in [-0.15, -0.1) is 0 Å². The van der Waals surface area contributed by atoms with Crippen LogP contribution in [0.4, 0.5) is 5.69 Å². The Morgan fingerprint density at radius 1 is 1.07 bits per heavy atom. The van der Waals surface area contributed by atoms with E-state index in [0.717, 1.165) is 61.2 Å². The van der Waals surface area contributed by atoms with E-state index >= 15 is 0 Å². The molecule has 3 rings (SSSR count). The van der Waals surface area contributed by atoms with E-state index in [9.17, 15) is 0 Å². The number of aryl methyl sites for hydroxylation is 2. The van der Waals surface area contributed by atoms with Gasteiger partial charge in [-0.1, -0.05) is 23.4 Å². The summed E-state index contributed by atoms with van der Waals surface area (Å²) in [5.41, 5.74) is 3.14. The molecule has 0 unspecified atom stereocenters. The van der Waals surface area contributed by atoms with Crippen molar-refractivity contribution >= 4 is 11.6 Å². The first-order chi connectivity index (χ1) is 14.6. The van der Waals surface area contributed by atoms with Gasteiger partial charge in [0.05, 0.1) is 18.5 Å². The van der Waals surface area contributed by atoms with E-state index in [4.69, 9.17) is 13.9 Å². The van der Waals surface area contributed by atoms with E-state index in [2.05, 4.69) is 52.0 Å². The molecule has 0 saturated heterocycles. The zero-order chi connectivity index (χ0) is 21.2. The third-order valence-electron chi connectivity index (χ3n) is 4.98. The fraction of sp³-hybridized carbons (Fsp3) is 0.391. The molecule has 0 aliphatic heterocycles. The average molecular weight is 410 g/mol. The molecular weight excluding hydrogens is 378 g/mol. The molecule has 0 saturated carbocycles. The van der Waals surface area contributed by atoms with Crippen molar-refractivity contribution in [3.8, 4) is 0 Å². The molecule has 0 amide bonds. The van der Waals surface area contributed by atoms with Crippen molar-refractivity contribution in [2.24, 2.45) is 4.99 Å². The summed E-state index contributed by atoms with van der Waals surface area (Å²) < 4.78 is 10.7. The van der Waals surface area contributed by atoms with Crippen LogP contribution in [0.15, 0.2) is 62.7 Å². The normalized spacial score (nSPS) is 11.5. The van der Waals surface area contributed by atoms with Crippen molar-refractivity contribution in [3.05, 3.63) is 71.5 Å². The second kappa shape index (κ2) is 11.1. The fourth-order valence-corrected chi connectivity index (χ4v) is 3.15. The van der Waals surface area contributed by atoms with E-state index in [1.165, 1.54) is 5.69 Å². The highest BCUT2D eigenvalue weighted by Gasteiger charge is 2.09. The van der Waals surface area contributed by atoms with Crippen LogP contribution in [-0.2, 0) is 13.0 Å². The van der Waals surface area contributed by atoms with Gasteiger partial charge >= 0.3 is 0 Å². The van der Waals surface area contributed by atoms with E-state index in [0.29, 0.717) is 6.54 Å². The van der Waals surface area contributed by atoms with Crippen molar-refractivity contribution in [1.29, 1.82) is 0 Å². The molecule has 1 aromatic carbocycles. The van der Waals surface area contributed by atoms with Gasteiger partial charge in [0, 0.05) is 44.4 Å². The summed E-state index contributed by atoms with van der Waals surface area (Å²) in [5.74, 6) is 2.55. The van der Waals surface area contributed by atoms with Gasteiger partial charge in [-0.3, -0.25) is 0 Å². The molecular formula is C23H31N5O2. The van der Waals surface area contributed by atoms with Crippen molar-refractivity contribution in [1.82, 2.24) is 15.8 Å². The van der Waals surface area contributed by atoms with Crippen LogP contribution < -0.4 is 15.5 Å². The van der Waals surface area contributed by atoms with Crippen LogP contribution in [0.1, 0.15) is 29.2 Å². The van der Waals surface area contributed by atoms with Crippen LogP contribution >= 0.6 is 0 Å². The SMILES string of the molecule is Cc1noc(C)c1CN=C(NCCCN(C)c1ccccc1)NCCc1ccco1. The van der Waals surface area contributed by atoms with Crippen LogP contribution in [0, 0.1) is 13.8 Å². The summed E-state index contributed by atoms with van der Waals surface area (Å²) >= 11 is 0. The molecule has 0 aliphatic rings. The topological polar surface area (TPSA) is 78.8 Å². The largest absolute Gasteiger partial charge is 0.469 e. The first-order valence-corrected chi connectivity index (χ1v) is 10.4. The predicted octanol–water partition coefficient (Wildman–Crippen LogP) is 3.69. The Balaban J connectivity index is 1.51. The number of aromatic nitrogens is 1. The predicted molar refractivity (Wildman–Crippen MR) is 120 cm³/mol. The summed E-state index contributed by atoms with van der Waals surface area (Å²) in [6, 6.07) is 14.3. The molecule has 2 heterocycles. The Kier molecular flexibility index (Phi) is 7.94. The molecule has 0 spiro atoms. The number of hydrogen-bond acceptors (Lipinski definition) is 5. The minimum absolute atomic E-state index is 0.529. The molecule has 2 N–H and O–H groups in total. The number of hydrogen-bond donors (Lipinski definition) is 2. The van der Waals surface area contributed by atoms with Gasteiger partial charge in [0.15, 0.2) is 5.96 Å². The number of guanidine groups is 1. The number of aliphatic imine (C=N–C) groups is 1. The number of rotatable bonds is 10. The highest BCUT2D eigenvalue weighted by molar-refractivity contribution is 5.79. The summed E-state index contributed by atoms with van der Waals surface area (Å²) in [4.78, 5) is 6.99. The van der Waals surface area contributed by atoms with Gasteiger partial charge in [0.25, 0.3) is 0 Å². The summed E-state index contributed by atoms with van der Waals surface area (Å²) in [5, 5.41) is 10.8. The standard InChI is InChI=1S/C23H31N5O2/c1-18-22(19(2)30-27-18)17-26-23(25-14-12-21-11-7-16-29-21)24-13-8-15-28(3)20-9-5-4-6-10-20/h4-7,9-11,16H,8,12-15,17H2,1-3H3,(H2,24,25,26). The number of nitrogens with one attached hydrogen (secondary N) is 2. The van der Waals surface area contributed by atoms with Crippen molar-refractivity contribution in [2.75, 3.05) is 31.6 Å². The maximum atomic E-state index is 5.41. The Morgan fingerprint density at radius 2 is 1.87 bits per heavy atom. The van der Waals surface area contributed by atoms with Crippen LogP contribution in [0.2, 0.25) is 0 Å². The minimum Gasteiger partial charge on any atom is -0.469 e. The number of benzene rings is 1. The molecule has 0 fully saturated rings. The van der Waals surface area contributed by atoms with Crippen molar-refractivity contribution in [3.63, 3.8) is 0 Å². The maximum absolute atomic E-state index is 5.41. The van der Waals surface area contributed by atoms with Gasteiger partial charge in [0.2, 0.25) is 0 Å². The van der Waals surface area contributed by atoms with Gasteiger partial charge in [-0.2, -0.15) is 0 Å². The smallest absolute Gasteiger partial charge is 0.191 e. The highest BCUT2D eigenvalue weighted by atomic mass is 16.5. The second-order valence-electron chi connectivity index (χ2n) is 7.26. The molecule has 0 aliphatic carbocycles. The molecule has 7 heteroatoms. The third kappa shape index (κ3) is 6.40. The number of furan rings is 1. The molecule has 3 aromatic rings. The lowest BCUT2D eigenvalue weighted by molar-refractivity contribution is 0.392. The summed E-state index contributed by atoms with van der Waals surface area (Å²) in [7, 11) is 2.11. The molecule has 30 heavy (non-hydrogen) atoms. The molecule has 2 aromatic heterocycles. The lowest BCUT2D eigenvalue weighted by atomic mass is 10.2. The van der Waals surface area contributed by atoms with E-state index < -0.39 is 0 Å². The number of nitrogens with zero attached hydrogens (tertiary/aromatic N) is 3. The summed E-state index contributed by atoms with van der Waals surface area (Å²) in [6.45, 7) is 6.91. The molecule has 0 radical (unpaired) electrons. The van der Waals surface area contributed by atoms with E-state index in [1.807, 2.05) is 32.0 Å². The Labute approximate surface area is 178 Å². The Hall–Kier alpha value is -3.22. The fourth-order valence-electron chi connectivity index (χ4n) is 3.15. The van der Waals surface area contributed by atoms with Crippen LogP contribution in [0.3, 0.4) is 0 Å². The van der Waals surface area contributed by atoms with Gasteiger partial charge in [-0.05, 0) is 44.5 Å². The van der Waals surface area contributed by atoms with Gasteiger partial charge in [0.1, 0.15) is 11.5 Å². The molecule has 7 nitrogen and oxygen atoms in total. The van der Waals surface area contributed by atoms with E-state index in [1.54, 1.807) is 6.26 Å². The zero-order valence-electron chi connectivity index (χ0n) is 18.0. The van der Waals surface area contributed by atoms with E-state index in [-0.39, 0.29) is 0 Å². The average Bonchev–Trinajstić information content (AvgIpc) is 3.39. The molecule has 160 valence electrons. The second-order valence-corrected chi connectivity index (χ2v) is 7.26. The Bertz CT molecular complexity index is 884. The minimum atomic E-state index is 0.529.